The van der Waals surface area contributed by atoms with Crippen molar-refractivity contribution in [3.8, 4) is 44.5 Å². The van der Waals surface area contributed by atoms with Crippen molar-refractivity contribution < 1.29 is 0 Å². The molecule has 0 spiro atoms. The van der Waals surface area contributed by atoms with Crippen LogP contribution in [-0.4, -0.2) is 0 Å². The van der Waals surface area contributed by atoms with E-state index in [1.807, 2.05) is 0 Å². The summed E-state index contributed by atoms with van der Waals surface area (Å²) in [5, 5.41) is 2.60. The van der Waals surface area contributed by atoms with Gasteiger partial charge in [-0.2, -0.15) is 0 Å². The first-order chi connectivity index (χ1) is 25.8. The zero-order valence-electron chi connectivity index (χ0n) is 30.7. The van der Waals surface area contributed by atoms with Gasteiger partial charge in [-0.15, -0.1) is 0 Å². The van der Waals surface area contributed by atoms with Crippen LogP contribution >= 0.6 is 0 Å². The molecule has 10 rings (SSSR count). The fourth-order valence-corrected chi connectivity index (χ4v) is 9.14. The Morgan fingerprint density at radius 2 is 0.811 bits per heavy atom. The molecule has 0 aliphatic heterocycles. The van der Waals surface area contributed by atoms with E-state index in [0.29, 0.717) is 0 Å². The molecule has 0 N–H and O–H groups in total. The number of fused-ring (bicyclic) bond motifs is 7. The summed E-state index contributed by atoms with van der Waals surface area (Å²) >= 11 is 0. The van der Waals surface area contributed by atoms with Crippen LogP contribution in [0.5, 0.6) is 0 Å². The maximum absolute atomic E-state index is 2.44. The van der Waals surface area contributed by atoms with E-state index in [0.717, 1.165) is 17.1 Å². The van der Waals surface area contributed by atoms with Gasteiger partial charge in [-0.25, -0.2) is 0 Å². The number of anilines is 3. The first-order valence-corrected chi connectivity index (χ1v) is 18.8. The largest absolute Gasteiger partial charge is 0.310 e. The van der Waals surface area contributed by atoms with Crippen molar-refractivity contribution in [2.45, 2.75) is 38.5 Å². The molecule has 8 aromatic rings. The SMILES string of the molecule is CC1(C)c2ccccc2-c2ccc(N(c3ccc(-c4ccccc4)cc3)c3cccc(-c4ccc5c(c4)C(C)(C)c4cc6ccccc6cc4-5)c3)cc21. The average molecular weight is 680 g/mol. The maximum atomic E-state index is 2.44. The number of rotatable bonds is 5. The van der Waals surface area contributed by atoms with Crippen LogP contribution in [0.25, 0.3) is 55.3 Å². The van der Waals surface area contributed by atoms with Gasteiger partial charge in [-0.05, 0) is 132 Å². The monoisotopic (exact) mass is 679 g/mol. The molecule has 0 radical (unpaired) electrons. The third kappa shape index (κ3) is 4.91. The van der Waals surface area contributed by atoms with Crippen LogP contribution in [0.4, 0.5) is 17.1 Å². The summed E-state index contributed by atoms with van der Waals surface area (Å²) < 4.78 is 0. The van der Waals surface area contributed by atoms with Gasteiger partial charge in [-0.3, -0.25) is 0 Å². The molecule has 0 fully saturated rings. The second-order valence-corrected chi connectivity index (χ2v) is 15.8. The van der Waals surface area contributed by atoms with Crippen molar-refractivity contribution in [2.24, 2.45) is 0 Å². The first-order valence-electron chi connectivity index (χ1n) is 18.8. The lowest BCUT2D eigenvalue weighted by atomic mass is 9.81. The van der Waals surface area contributed by atoms with Crippen LogP contribution in [0.3, 0.4) is 0 Å². The minimum absolute atomic E-state index is 0.0900. The summed E-state index contributed by atoms with van der Waals surface area (Å²) in [6, 6.07) is 65.3. The Balaban J connectivity index is 1.09. The van der Waals surface area contributed by atoms with Gasteiger partial charge >= 0.3 is 0 Å². The Labute approximate surface area is 312 Å². The zero-order valence-corrected chi connectivity index (χ0v) is 30.7. The third-order valence-electron chi connectivity index (χ3n) is 12.0. The summed E-state index contributed by atoms with van der Waals surface area (Å²) in [5.41, 5.74) is 19.1. The van der Waals surface area contributed by atoms with E-state index in [1.165, 1.54) is 77.5 Å². The average Bonchev–Trinajstić information content (AvgIpc) is 3.56. The molecule has 2 aliphatic carbocycles. The van der Waals surface area contributed by atoms with E-state index in [4.69, 9.17) is 0 Å². The Kier molecular flexibility index (Phi) is 6.94. The highest BCUT2D eigenvalue weighted by molar-refractivity contribution is 5.94. The van der Waals surface area contributed by atoms with Gasteiger partial charge < -0.3 is 4.90 Å². The summed E-state index contributed by atoms with van der Waals surface area (Å²) in [7, 11) is 0. The summed E-state index contributed by atoms with van der Waals surface area (Å²) in [6.07, 6.45) is 0. The molecule has 0 aromatic heterocycles. The molecule has 0 saturated heterocycles. The summed E-state index contributed by atoms with van der Waals surface area (Å²) in [4.78, 5) is 2.43. The molecule has 0 heterocycles. The quantitative estimate of drug-likeness (QED) is 0.175. The molecule has 0 atom stereocenters. The lowest BCUT2D eigenvalue weighted by molar-refractivity contribution is 0.660. The van der Waals surface area contributed by atoms with Gasteiger partial charge in [0, 0.05) is 27.9 Å². The summed E-state index contributed by atoms with van der Waals surface area (Å²) in [5.74, 6) is 0. The molecule has 0 bridgehead atoms. The van der Waals surface area contributed by atoms with Crippen LogP contribution in [0.2, 0.25) is 0 Å². The van der Waals surface area contributed by atoms with Crippen molar-refractivity contribution in [1.29, 1.82) is 0 Å². The van der Waals surface area contributed by atoms with Crippen LogP contribution < -0.4 is 4.90 Å². The smallest absolute Gasteiger partial charge is 0.0467 e. The van der Waals surface area contributed by atoms with Gasteiger partial charge in [-0.1, -0.05) is 149 Å². The molecule has 0 unspecified atom stereocenters. The fraction of sp³-hybridized carbons (Fsp3) is 0.115. The summed E-state index contributed by atoms with van der Waals surface area (Å²) in [6.45, 7) is 9.47. The van der Waals surface area contributed by atoms with Crippen molar-refractivity contribution in [1.82, 2.24) is 0 Å². The van der Waals surface area contributed by atoms with E-state index < -0.39 is 0 Å². The second-order valence-electron chi connectivity index (χ2n) is 15.8. The molecular weight excluding hydrogens is 639 g/mol. The van der Waals surface area contributed by atoms with Crippen LogP contribution in [-0.2, 0) is 10.8 Å². The molecule has 254 valence electrons. The lowest BCUT2D eigenvalue weighted by Gasteiger charge is -2.28. The predicted octanol–water partition coefficient (Wildman–Crippen LogP) is 14.3. The highest BCUT2D eigenvalue weighted by atomic mass is 15.1. The van der Waals surface area contributed by atoms with Gasteiger partial charge in [0.05, 0.1) is 0 Å². The van der Waals surface area contributed by atoms with E-state index in [9.17, 15) is 0 Å². The molecule has 1 nitrogen and oxygen atoms in total. The minimum Gasteiger partial charge on any atom is -0.310 e. The topological polar surface area (TPSA) is 3.24 Å². The van der Waals surface area contributed by atoms with Crippen molar-refractivity contribution in [3.63, 3.8) is 0 Å². The maximum Gasteiger partial charge on any atom is 0.0467 e. The number of nitrogens with zero attached hydrogens (tertiary/aromatic N) is 1. The number of hydrogen-bond donors (Lipinski definition) is 0. The van der Waals surface area contributed by atoms with Crippen molar-refractivity contribution >= 4 is 27.8 Å². The van der Waals surface area contributed by atoms with Crippen LogP contribution in [0, 0.1) is 0 Å². The van der Waals surface area contributed by atoms with Gasteiger partial charge in [0.2, 0.25) is 0 Å². The molecule has 53 heavy (non-hydrogen) atoms. The highest BCUT2D eigenvalue weighted by Gasteiger charge is 2.37. The Hall–Kier alpha value is -6.18. The van der Waals surface area contributed by atoms with Crippen LogP contribution in [0.1, 0.15) is 49.9 Å². The minimum atomic E-state index is -0.0936. The molecule has 0 amide bonds. The molecule has 0 saturated carbocycles. The molecule has 2 aliphatic rings. The van der Waals surface area contributed by atoms with Gasteiger partial charge in [0.25, 0.3) is 0 Å². The van der Waals surface area contributed by atoms with E-state index in [1.54, 1.807) is 0 Å². The number of benzene rings is 8. The van der Waals surface area contributed by atoms with Crippen molar-refractivity contribution in [2.75, 3.05) is 4.90 Å². The Bertz CT molecular complexity index is 2710. The first kappa shape index (κ1) is 31.5. The van der Waals surface area contributed by atoms with Crippen molar-refractivity contribution in [3.05, 3.63) is 198 Å². The Morgan fingerprint density at radius 3 is 1.62 bits per heavy atom. The van der Waals surface area contributed by atoms with Gasteiger partial charge in [0.15, 0.2) is 0 Å². The Morgan fingerprint density at radius 1 is 0.302 bits per heavy atom. The molecular formula is C52H41N. The normalized spacial score (nSPS) is 14.3. The van der Waals surface area contributed by atoms with E-state index >= 15 is 0 Å². The lowest BCUT2D eigenvalue weighted by Crippen LogP contribution is -2.16. The third-order valence-corrected chi connectivity index (χ3v) is 12.0. The second kappa shape index (κ2) is 11.7. The standard InChI is InChI=1S/C52H41N/c1-51(2)47-20-11-10-19-43(47)44-28-26-42(33-50(44)51)53(40-24-21-35(22-25-40)34-13-6-5-7-14-34)41-18-12-17-36(29-41)39-23-27-45-46-30-37-15-8-9-16-38(37)31-49(46)52(3,4)48(45)32-39/h5-33H,1-4H3. The van der Waals surface area contributed by atoms with E-state index in [2.05, 4.69) is 209 Å². The van der Waals surface area contributed by atoms with E-state index in [-0.39, 0.29) is 10.8 Å². The fourth-order valence-electron chi connectivity index (χ4n) is 9.14. The number of hydrogen-bond acceptors (Lipinski definition) is 1. The molecule has 8 aromatic carbocycles. The zero-order chi connectivity index (χ0) is 35.9. The highest BCUT2D eigenvalue weighted by Crippen LogP contribution is 2.52. The predicted molar refractivity (Wildman–Crippen MR) is 225 cm³/mol. The van der Waals surface area contributed by atoms with Gasteiger partial charge in [0.1, 0.15) is 0 Å². The van der Waals surface area contributed by atoms with Crippen LogP contribution in [0.15, 0.2) is 176 Å². The molecule has 1 heteroatoms.